The minimum absolute atomic E-state index is 0.0955. The predicted molar refractivity (Wildman–Crippen MR) is 47.2 cm³/mol. The molecule has 0 aromatic heterocycles. The highest BCUT2D eigenvalue weighted by atomic mass is 127. The van der Waals surface area contributed by atoms with E-state index in [1.54, 1.807) is 0 Å². The molecular formula is C5H8IN3. The number of nitrogens with one attached hydrogen (secondary N) is 1. The van der Waals surface area contributed by atoms with E-state index in [0.717, 1.165) is 9.68 Å². The van der Waals surface area contributed by atoms with Crippen LogP contribution < -0.4 is 5.32 Å². The summed E-state index contributed by atoms with van der Waals surface area (Å²) >= 11 is 2.15. The van der Waals surface area contributed by atoms with Crippen LogP contribution in [0.5, 0.6) is 0 Å². The van der Waals surface area contributed by atoms with Crippen molar-refractivity contribution in [3.05, 3.63) is 0 Å². The lowest BCUT2D eigenvalue weighted by Crippen LogP contribution is -2.29. The quantitative estimate of drug-likeness (QED) is 0.497. The van der Waals surface area contributed by atoms with Crippen molar-refractivity contribution in [1.82, 2.24) is 5.32 Å². The molecule has 1 aliphatic heterocycles. The van der Waals surface area contributed by atoms with Crippen molar-refractivity contribution in [3.8, 4) is 0 Å². The van der Waals surface area contributed by atoms with E-state index in [0.29, 0.717) is 0 Å². The Hall–Kier alpha value is -0.130. The highest BCUT2D eigenvalue weighted by Gasteiger charge is 2.05. The molecule has 1 heterocycles. The summed E-state index contributed by atoms with van der Waals surface area (Å²) < 4.78 is 0.924. The van der Waals surface area contributed by atoms with E-state index in [4.69, 9.17) is 0 Å². The molecule has 0 aromatic carbocycles. The zero-order valence-electron chi connectivity index (χ0n) is 5.35. The molecule has 0 fully saturated rings. The largest absolute Gasteiger partial charge is 0.324 e. The van der Waals surface area contributed by atoms with Crippen LogP contribution in [0.4, 0.5) is 0 Å². The molecule has 0 bridgehead atoms. The Kier molecular flexibility index (Phi) is 2.05. The number of halogens is 1. The number of hydrogen-bond acceptors (Lipinski definition) is 3. The third kappa shape index (κ3) is 1.92. The van der Waals surface area contributed by atoms with Gasteiger partial charge in [0.2, 0.25) is 0 Å². The maximum Gasteiger partial charge on any atom is 0.167 e. The van der Waals surface area contributed by atoms with Crippen molar-refractivity contribution in [3.63, 3.8) is 0 Å². The molecule has 0 radical (unpaired) electrons. The summed E-state index contributed by atoms with van der Waals surface area (Å²) in [5.74, 6) is 0.946. The average molecular weight is 237 g/mol. The molecule has 0 saturated carbocycles. The zero-order valence-corrected chi connectivity index (χ0v) is 7.51. The first-order valence-corrected chi connectivity index (χ1v) is 3.81. The maximum atomic E-state index is 4.15. The molecule has 0 amide bonds. The topological polar surface area (TPSA) is 36.8 Å². The van der Waals surface area contributed by atoms with E-state index >= 15 is 0 Å². The number of hydrogen-bond donors (Lipinski definition) is 1. The second-order valence-corrected chi connectivity index (χ2v) is 2.91. The summed E-state index contributed by atoms with van der Waals surface area (Å²) in [6.07, 6.45) is 0.0955. The van der Waals surface area contributed by atoms with Gasteiger partial charge in [0.05, 0.1) is 0 Å². The molecule has 50 valence electrons. The van der Waals surface area contributed by atoms with Crippen LogP contribution in [0, 0.1) is 0 Å². The minimum Gasteiger partial charge on any atom is -0.324 e. The summed E-state index contributed by atoms with van der Waals surface area (Å²) in [7, 11) is 0. The number of nitrogens with zero attached hydrogens (tertiary/aromatic N) is 2. The molecule has 0 saturated heterocycles. The van der Waals surface area contributed by atoms with Crippen LogP contribution in [0.3, 0.4) is 0 Å². The number of amidine groups is 2. The van der Waals surface area contributed by atoms with Crippen molar-refractivity contribution in [1.29, 1.82) is 0 Å². The second-order valence-electron chi connectivity index (χ2n) is 1.89. The molecule has 0 spiro atoms. The summed E-state index contributed by atoms with van der Waals surface area (Å²) in [6, 6.07) is 0. The van der Waals surface area contributed by atoms with Crippen molar-refractivity contribution in [2.45, 2.75) is 20.0 Å². The van der Waals surface area contributed by atoms with Crippen LogP contribution in [0.25, 0.3) is 0 Å². The zero-order chi connectivity index (χ0) is 6.85. The number of aliphatic imine (C=N–C) groups is 2. The molecule has 4 heteroatoms. The first-order chi connectivity index (χ1) is 4.18. The van der Waals surface area contributed by atoms with Crippen LogP contribution in [0.15, 0.2) is 9.98 Å². The van der Waals surface area contributed by atoms with E-state index < -0.39 is 0 Å². The number of rotatable bonds is 0. The lowest BCUT2D eigenvalue weighted by molar-refractivity contribution is 0.775. The minimum atomic E-state index is 0.0955. The Morgan fingerprint density at radius 3 is 2.67 bits per heavy atom. The van der Waals surface area contributed by atoms with Gasteiger partial charge in [0.1, 0.15) is 12.0 Å². The van der Waals surface area contributed by atoms with E-state index in [1.165, 1.54) is 0 Å². The molecule has 1 aliphatic rings. The van der Waals surface area contributed by atoms with Gasteiger partial charge in [-0.25, -0.2) is 9.98 Å². The van der Waals surface area contributed by atoms with Gasteiger partial charge in [0.15, 0.2) is 3.84 Å². The van der Waals surface area contributed by atoms with E-state index in [9.17, 15) is 0 Å². The lowest BCUT2D eigenvalue weighted by Gasteiger charge is -2.12. The molecule has 1 unspecified atom stereocenters. The molecule has 1 N–H and O–H groups in total. The predicted octanol–water partition coefficient (Wildman–Crippen LogP) is 1.15. The van der Waals surface area contributed by atoms with Gasteiger partial charge in [-0.05, 0) is 36.4 Å². The van der Waals surface area contributed by atoms with Gasteiger partial charge in [-0.3, -0.25) is 0 Å². The summed E-state index contributed by atoms with van der Waals surface area (Å²) in [5.41, 5.74) is 0. The lowest BCUT2D eigenvalue weighted by atomic mass is 10.5. The van der Waals surface area contributed by atoms with Gasteiger partial charge < -0.3 is 5.32 Å². The van der Waals surface area contributed by atoms with Crippen molar-refractivity contribution >= 4 is 32.3 Å². The monoisotopic (exact) mass is 237 g/mol. The molecule has 0 aromatic rings. The Bertz CT molecular complexity index is 155. The Morgan fingerprint density at radius 1 is 1.56 bits per heavy atom. The van der Waals surface area contributed by atoms with E-state index in [2.05, 4.69) is 37.9 Å². The van der Waals surface area contributed by atoms with Gasteiger partial charge >= 0.3 is 0 Å². The van der Waals surface area contributed by atoms with Crippen LogP contribution in [0.2, 0.25) is 0 Å². The first kappa shape index (κ1) is 6.98. The van der Waals surface area contributed by atoms with Gasteiger partial charge in [-0.2, -0.15) is 0 Å². The van der Waals surface area contributed by atoms with Gasteiger partial charge in [-0.15, -0.1) is 0 Å². The molecule has 9 heavy (non-hydrogen) atoms. The van der Waals surface area contributed by atoms with Gasteiger partial charge in [0.25, 0.3) is 0 Å². The normalized spacial score (nSPS) is 26.3. The molecular weight excluding hydrogens is 229 g/mol. The highest BCUT2D eigenvalue weighted by Crippen LogP contribution is 2.01. The van der Waals surface area contributed by atoms with Crippen LogP contribution in [0.1, 0.15) is 13.8 Å². The third-order valence-electron chi connectivity index (χ3n) is 0.965. The highest BCUT2D eigenvalue weighted by molar-refractivity contribution is 14.1. The Labute approximate surface area is 67.8 Å². The van der Waals surface area contributed by atoms with E-state index in [1.807, 2.05) is 13.8 Å². The third-order valence-corrected chi connectivity index (χ3v) is 1.51. The molecule has 0 aliphatic carbocycles. The average Bonchev–Trinajstić information content (AvgIpc) is 1.59. The van der Waals surface area contributed by atoms with Crippen molar-refractivity contribution in [2.75, 3.05) is 0 Å². The van der Waals surface area contributed by atoms with Crippen molar-refractivity contribution in [2.24, 2.45) is 9.98 Å². The smallest absolute Gasteiger partial charge is 0.167 e. The fourth-order valence-electron chi connectivity index (χ4n) is 0.687. The SMILES string of the molecule is CC1=NC(C)N=C(I)N1. The van der Waals surface area contributed by atoms with Crippen LogP contribution in [-0.2, 0) is 0 Å². The fourth-order valence-corrected chi connectivity index (χ4v) is 1.48. The molecule has 1 atom stereocenters. The summed E-state index contributed by atoms with van der Waals surface area (Å²) in [4.78, 5) is 8.28. The van der Waals surface area contributed by atoms with E-state index in [-0.39, 0.29) is 6.17 Å². The molecule has 3 nitrogen and oxygen atoms in total. The standard InChI is InChI=1S/C5H8IN3/c1-3-7-4(2)9-5(6)8-3/h3H,1-2H3,(H,7,8,9). The summed E-state index contributed by atoms with van der Waals surface area (Å²) in [6.45, 7) is 3.90. The van der Waals surface area contributed by atoms with Crippen molar-refractivity contribution < 1.29 is 0 Å². The van der Waals surface area contributed by atoms with Gasteiger partial charge in [0, 0.05) is 0 Å². The summed E-state index contributed by atoms with van der Waals surface area (Å²) in [5, 5.41) is 3.00. The Morgan fingerprint density at radius 2 is 2.22 bits per heavy atom. The maximum absolute atomic E-state index is 4.15. The first-order valence-electron chi connectivity index (χ1n) is 2.73. The second kappa shape index (κ2) is 2.64. The van der Waals surface area contributed by atoms with Gasteiger partial charge in [-0.1, -0.05) is 0 Å². The molecule has 1 rings (SSSR count). The fraction of sp³-hybridized carbons (Fsp3) is 0.600. The van der Waals surface area contributed by atoms with Crippen LogP contribution >= 0.6 is 22.6 Å². The van der Waals surface area contributed by atoms with Crippen LogP contribution in [-0.4, -0.2) is 15.8 Å². The Balaban J connectivity index is 2.69.